The lowest BCUT2D eigenvalue weighted by Gasteiger charge is -2.59. The van der Waals surface area contributed by atoms with Gasteiger partial charge in [0, 0.05) is 38.1 Å². The van der Waals surface area contributed by atoms with E-state index < -0.39 is 23.8 Å². The molecule has 1 aromatic heterocycles. The molecule has 5 aliphatic rings. The molecule has 6 rings (SSSR count). The molecule has 4 saturated heterocycles. The van der Waals surface area contributed by atoms with Crippen molar-refractivity contribution in [1.29, 1.82) is 0 Å². The van der Waals surface area contributed by atoms with Gasteiger partial charge in [0.1, 0.15) is 17.8 Å². The van der Waals surface area contributed by atoms with Crippen molar-refractivity contribution in [2.24, 2.45) is 30.7 Å². The molecule has 178 valence electrons. The van der Waals surface area contributed by atoms with Crippen LogP contribution >= 0.6 is 0 Å². The maximum absolute atomic E-state index is 10.9. The molecule has 0 amide bonds. The molecule has 1 aliphatic carbocycles. The molecular formula is C25H38N2O5. The second-order valence-corrected chi connectivity index (χ2v) is 11.1. The number of nitrogens with zero attached hydrogens (tertiary/aromatic N) is 2. The summed E-state index contributed by atoms with van der Waals surface area (Å²) >= 11 is 0. The van der Waals surface area contributed by atoms with Crippen LogP contribution in [0.25, 0.3) is 0 Å². The molecule has 1 aromatic rings. The van der Waals surface area contributed by atoms with E-state index in [-0.39, 0.29) is 12.0 Å². The molecule has 4 aliphatic heterocycles. The first-order chi connectivity index (χ1) is 15.3. The SMILES string of the molecule is C[C@H]1[C@H](c2ccc(CN3CCOCC3)n2C)O[C@@H]2O[C@@]3(C)O[C@]24[C@H]1CC[C@@H](C)[C@@H]4C[C@H]3O. The van der Waals surface area contributed by atoms with Gasteiger partial charge >= 0.3 is 0 Å². The first-order valence-corrected chi connectivity index (χ1v) is 12.5. The van der Waals surface area contributed by atoms with Crippen molar-refractivity contribution in [1.82, 2.24) is 9.47 Å². The van der Waals surface area contributed by atoms with Gasteiger partial charge in [-0.1, -0.05) is 13.8 Å². The Morgan fingerprint density at radius 3 is 2.69 bits per heavy atom. The number of aliphatic hydroxyl groups is 1. The third-order valence-electron chi connectivity index (χ3n) is 9.38. The van der Waals surface area contributed by atoms with Gasteiger partial charge in [0.2, 0.25) is 0 Å². The number of rotatable bonds is 3. The topological polar surface area (TPSA) is 65.3 Å². The monoisotopic (exact) mass is 446 g/mol. The Bertz CT molecular complexity index is 869. The van der Waals surface area contributed by atoms with Crippen LogP contribution in [-0.2, 0) is 32.5 Å². The number of hydrogen-bond acceptors (Lipinski definition) is 6. The van der Waals surface area contributed by atoms with E-state index in [1.54, 1.807) is 0 Å². The molecule has 1 spiro atoms. The molecule has 5 fully saturated rings. The van der Waals surface area contributed by atoms with Crippen LogP contribution in [0.4, 0.5) is 0 Å². The first-order valence-electron chi connectivity index (χ1n) is 12.5. The van der Waals surface area contributed by atoms with E-state index in [2.05, 4.69) is 42.5 Å². The number of fused-ring (bicyclic) bond motifs is 1. The maximum Gasteiger partial charge on any atom is 0.195 e. The molecule has 5 heterocycles. The smallest absolute Gasteiger partial charge is 0.195 e. The van der Waals surface area contributed by atoms with Crippen LogP contribution in [0.2, 0.25) is 0 Å². The van der Waals surface area contributed by atoms with E-state index >= 15 is 0 Å². The van der Waals surface area contributed by atoms with E-state index in [1.165, 1.54) is 17.8 Å². The molecule has 32 heavy (non-hydrogen) atoms. The average molecular weight is 447 g/mol. The summed E-state index contributed by atoms with van der Waals surface area (Å²) in [6.45, 7) is 11.0. The molecule has 0 radical (unpaired) electrons. The summed E-state index contributed by atoms with van der Waals surface area (Å²) in [5, 5.41) is 10.9. The van der Waals surface area contributed by atoms with Crippen LogP contribution in [0, 0.1) is 23.7 Å². The first kappa shape index (κ1) is 21.6. The molecule has 1 N–H and O–H groups in total. The Kier molecular flexibility index (Phi) is 5.07. The number of aromatic nitrogens is 1. The quantitative estimate of drug-likeness (QED) is 0.770. The maximum atomic E-state index is 10.9. The number of aliphatic hydroxyl groups excluding tert-OH is 1. The third-order valence-corrected chi connectivity index (χ3v) is 9.38. The third kappa shape index (κ3) is 2.95. The van der Waals surface area contributed by atoms with Gasteiger partial charge < -0.3 is 28.6 Å². The average Bonchev–Trinajstić information content (AvgIpc) is 3.25. The summed E-state index contributed by atoms with van der Waals surface area (Å²) in [4.78, 5) is 2.45. The highest BCUT2D eigenvalue weighted by Gasteiger charge is 2.73. The van der Waals surface area contributed by atoms with Gasteiger partial charge in [0.05, 0.1) is 13.2 Å². The van der Waals surface area contributed by atoms with Crippen LogP contribution in [-0.4, -0.2) is 64.7 Å². The summed E-state index contributed by atoms with van der Waals surface area (Å²) in [6.07, 6.45) is 1.94. The van der Waals surface area contributed by atoms with E-state index in [1.807, 2.05) is 6.92 Å². The van der Waals surface area contributed by atoms with Gasteiger partial charge in [0.25, 0.3) is 0 Å². The van der Waals surface area contributed by atoms with Gasteiger partial charge in [-0.3, -0.25) is 4.90 Å². The molecular weight excluding hydrogens is 408 g/mol. The standard InChI is InChI=1S/C25H38N2O5/c1-15-5-7-18-16(2)22(20-8-6-17(26(20)4)14-27-9-11-29-12-10-27)30-23-25(18)19(15)13-21(28)24(3,31-23)32-25/h6,8,15-16,18-19,21-23,28H,5,7,9-14H2,1-4H3/t15-,16-,18+,19+,21-,22-,23-,24+,25+/m1/s1. The minimum absolute atomic E-state index is 0.0446. The second kappa shape index (κ2) is 7.52. The highest BCUT2D eigenvalue weighted by molar-refractivity contribution is 5.23. The normalized spacial score (nSPS) is 48.6. The summed E-state index contributed by atoms with van der Waals surface area (Å²) < 4.78 is 27.7. The van der Waals surface area contributed by atoms with Crippen LogP contribution in [0.1, 0.15) is 57.5 Å². The van der Waals surface area contributed by atoms with Crippen molar-refractivity contribution in [2.75, 3.05) is 26.3 Å². The zero-order chi connectivity index (χ0) is 22.3. The Morgan fingerprint density at radius 2 is 1.91 bits per heavy atom. The predicted molar refractivity (Wildman–Crippen MR) is 118 cm³/mol. The Morgan fingerprint density at radius 1 is 1.12 bits per heavy atom. The fraction of sp³-hybridized carbons (Fsp3) is 0.840. The van der Waals surface area contributed by atoms with E-state index in [9.17, 15) is 5.11 Å². The Labute approximate surface area is 190 Å². The van der Waals surface area contributed by atoms with Crippen LogP contribution in [0.15, 0.2) is 12.1 Å². The Hall–Kier alpha value is -0.960. The summed E-state index contributed by atoms with van der Waals surface area (Å²) in [5.41, 5.74) is 2.07. The lowest BCUT2D eigenvalue weighted by Crippen LogP contribution is -2.66. The molecule has 0 unspecified atom stereocenters. The number of ether oxygens (including phenoxy) is 4. The van der Waals surface area contributed by atoms with Gasteiger partial charge in [-0.25, -0.2) is 0 Å². The summed E-state index contributed by atoms with van der Waals surface area (Å²) in [7, 11) is 2.16. The van der Waals surface area contributed by atoms with E-state index in [0.29, 0.717) is 17.8 Å². The van der Waals surface area contributed by atoms with Crippen molar-refractivity contribution >= 4 is 0 Å². The molecule has 7 nitrogen and oxygen atoms in total. The van der Waals surface area contributed by atoms with Gasteiger partial charge in [-0.2, -0.15) is 0 Å². The van der Waals surface area contributed by atoms with E-state index in [4.69, 9.17) is 18.9 Å². The largest absolute Gasteiger partial charge is 0.388 e. The molecule has 9 atom stereocenters. The zero-order valence-electron chi connectivity index (χ0n) is 19.8. The lowest BCUT2D eigenvalue weighted by molar-refractivity contribution is -0.305. The van der Waals surface area contributed by atoms with Crippen molar-refractivity contribution in [3.8, 4) is 0 Å². The van der Waals surface area contributed by atoms with Crippen molar-refractivity contribution in [3.05, 3.63) is 23.5 Å². The van der Waals surface area contributed by atoms with Crippen molar-refractivity contribution in [3.63, 3.8) is 0 Å². The minimum Gasteiger partial charge on any atom is -0.388 e. The number of hydrogen-bond donors (Lipinski definition) is 1. The van der Waals surface area contributed by atoms with Crippen LogP contribution < -0.4 is 0 Å². The highest BCUT2D eigenvalue weighted by Crippen LogP contribution is 2.65. The fourth-order valence-electron chi connectivity index (χ4n) is 7.45. The van der Waals surface area contributed by atoms with Crippen molar-refractivity contribution in [2.45, 2.75) is 76.5 Å². The minimum atomic E-state index is -0.971. The molecule has 7 heteroatoms. The molecule has 0 aromatic carbocycles. The van der Waals surface area contributed by atoms with E-state index in [0.717, 1.165) is 45.7 Å². The highest BCUT2D eigenvalue weighted by atomic mass is 16.8. The van der Waals surface area contributed by atoms with Crippen LogP contribution in [0.5, 0.6) is 0 Å². The Balaban J connectivity index is 1.31. The second-order valence-electron chi connectivity index (χ2n) is 11.1. The van der Waals surface area contributed by atoms with Gasteiger partial charge in [-0.05, 0) is 62.0 Å². The molecule has 1 saturated carbocycles. The lowest BCUT2D eigenvalue weighted by atomic mass is 9.56. The van der Waals surface area contributed by atoms with Crippen molar-refractivity contribution < 1.29 is 24.1 Å². The summed E-state index contributed by atoms with van der Waals surface area (Å²) in [5.74, 6) is 0.468. The van der Waals surface area contributed by atoms with Gasteiger partial charge in [-0.15, -0.1) is 0 Å². The number of morpholine rings is 1. The van der Waals surface area contributed by atoms with Gasteiger partial charge in [0.15, 0.2) is 12.1 Å². The fourth-order valence-corrected chi connectivity index (χ4v) is 7.45. The molecule has 2 bridgehead atoms. The van der Waals surface area contributed by atoms with Crippen LogP contribution in [0.3, 0.4) is 0 Å². The predicted octanol–water partition coefficient (Wildman–Crippen LogP) is 2.82. The zero-order valence-corrected chi connectivity index (χ0v) is 19.8. The summed E-state index contributed by atoms with van der Waals surface area (Å²) in [6, 6.07) is 4.48.